The van der Waals surface area contributed by atoms with E-state index < -0.39 is 0 Å². The number of hydrogen-bond acceptors (Lipinski definition) is 2. The quantitative estimate of drug-likeness (QED) is 0.226. The maximum Gasteiger partial charge on any atom is 0.145 e. The van der Waals surface area contributed by atoms with Crippen molar-refractivity contribution in [2.75, 3.05) is 0 Å². The number of furan rings is 1. The fourth-order valence-corrected chi connectivity index (χ4v) is 6.63. The molecule has 0 aliphatic carbocycles. The largest absolute Gasteiger partial charge is 0.455 e. The Morgan fingerprint density at radius 3 is 1.95 bits per heavy atom. The van der Waals surface area contributed by atoms with Crippen LogP contribution < -0.4 is 0 Å². The molecule has 0 spiro atoms. The Morgan fingerprint density at radius 2 is 1.15 bits per heavy atom. The molecule has 0 bridgehead atoms. The van der Waals surface area contributed by atoms with Gasteiger partial charge in [-0.25, -0.2) is 0 Å². The summed E-state index contributed by atoms with van der Waals surface area (Å²) in [6.45, 7) is 0. The molecule has 190 valence electrons. The molecule has 0 fully saturated rings. The van der Waals surface area contributed by atoms with Crippen LogP contribution in [0.4, 0.5) is 0 Å². The van der Waals surface area contributed by atoms with Crippen molar-refractivity contribution in [3.8, 4) is 17.4 Å². The molecule has 9 aromatic rings. The lowest BCUT2D eigenvalue weighted by Gasteiger charge is -2.10. The summed E-state index contributed by atoms with van der Waals surface area (Å²) in [6.07, 6.45) is 0. The maximum absolute atomic E-state index is 9.38. The van der Waals surface area contributed by atoms with Gasteiger partial charge in [0.1, 0.15) is 11.2 Å². The molecule has 3 aromatic heterocycles. The second kappa shape index (κ2) is 8.11. The number of nitriles is 1. The third-order valence-electron chi connectivity index (χ3n) is 8.34. The lowest BCUT2D eigenvalue weighted by Crippen LogP contribution is -1.95. The first-order chi connectivity index (χ1) is 20.3. The summed E-state index contributed by atoms with van der Waals surface area (Å²) in [4.78, 5) is 0. The van der Waals surface area contributed by atoms with Crippen molar-refractivity contribution < 1.29 is 4.42 Å². The number of rotatable bonds is 2. The Balaban J connectivity index is 1.53. The van der Waals surface area contributed by atoms with Crippen molar-refractivity contribution in [1.29, 1.82) is 5.26 Å². The molecule has 3 heterocycles. The summed E-state index contributed by atoms with van der Waals surface area (Å²) >= 11 is 0. The van der Waals surface area contributed by atoms with E-state index in [1.165, 1.54) is 10.8 Å². The SMILES string of the molecule is N#Cc1ccc(-n2c3ccccc3c3c2ccc2c4c5oc6ccccc6c5ccc4n(-c4ccccc4)c23)cc1. The van der Waals surface area contributed by atoms with E-state index >= 15 is 0 Å². The summed E-state index contributed by atoms with van der Waals surface area (Å²) in [6, 6.07) is 46.4. The highest BCUT2D eigenvalue weighted by Gasteiger charge is 2.23. The Hall–Kier alpha value is -5.79. The van der Waals surface area contributed by atoms with Crippen LogP contribution in [-0.2, 0) is 0 Å². The van der Waals surface area contributed by atoms with Crippen LogP contribution >= 0.6 is 0 Å². The van der Waals surface area contributed by atoms with E-state index in [0.29, 0.717) is 5.56 Å². The molecular weight excluding hydrogens is 502 g/mol. The third kappa shape index (κ3) is 2.92. The number of hydrogen-bond donors (Lipinski definition) is 0. The van der Waals surface area contributed by atoms with Gasteiger partial charge in [0, 0.05) is 38.3 Å². The minimum atomic E-state index is 0.649. The second-order valence-corrected chi connectivity index (χ2v) is 10.5. The van der Waals surface area contributed by atoms with Gasteiger partial charge in [-0.3, -0.25) is 0 Å². The summed E-state index contributed by atoms with van der Waals surface area (Å²) in [7, 11) is 0. The highest BCUT2D eigenvalue weighted by Crippen LogP contribution is 2.45. The summed E-state index contributed by atoms with van der Waals surface area (Å²) in [5.74, 6) is 0. The molecule has 0 aliphatic rings. The van der Waals surface area contributed by atoms with E-state index in [0.717, 1.165) is 66.2 Å². The maximum atomic E-state index is 9.38. The lowest BCUT2D eigenvalue weighted by atomic mass is 10.1. The third-order valence-corrected chi connectivity index (χ3v) is 8.34. The summed E-state index contributed by atoms with van der Waals surface area (Å²) in [5.41, 5.74) is 9.09. The van der Waals surface area contributed by atoms with Gasteiger partial charge in [-0.05, 0) is 72.8 Å². The van der Waals surface area contributed by atoms with Gasteiger partial charge in [0.2, 0.25) is 0 Å². The van der Waals surface area contributed by atoms with Crippen LogP contribution in [0.25, 0.3) is 76.9 Å². The zero-order valence-electron chi connectivity index (χ0n) is 21.9. The fourth-order valence-electron chi connectivity index (χ4n) is 6.63. The zero-order chi connectivity index (χ0) is 27.1. The average Bonchev–Trinajstić information content (AvgIpc) is 3.69. The minimum Gasteiger partial charge on any atom is -0.455 e. The van der Waals surface area contributed by atoms with Crippen LogP contribution in [0.2, 0.25) is 0 Å². The van der Waals surface area contributed by atoms with Crippen LogP contribution in [0.3, 0.4) is 0 Å². The van der Waals surface area contributed by atoms with Crippen molar-refractivity contribution in [1.82, 2.24) is 9.13 Å². The molecule has 41 heavy (non-hydrogen) atoms. The van der Waals surface area contributed by atoms with Crippen LogP contribution in [-0.4, -0.2) is 9.13 Å². The van der Waals surface area contributed by atoms with Gasteiger partial charge >= 0.3 is 0 Å². The smallest absolute Gasteiger partial charge is 0.145 e. The summed E-state index contributed by atoms with van der Waals surface area (Å²) < 4.78 is 11.3. The Bertz CT molecular complexity index is 2520. The molecule has 0 saturated heterocycles. The van der Waals surface area contributed by atoms with E-state index in [1.807, 2.05) is 36.4 Å². The van der Waals surface area contributed by atoms with Crippen molar-refractivity contribution in [3.05, 3.63) is 133 Å². The highest BCUT2D eigenvalue weighted by atomic mass is 16.3. The predicted octanol–water partition coefficient (Wildman–Crippen LogP) is 9.65. The topological polar surface area (TPSA) is 46.8 Å². The first-order valence-electron chi connectivity index (χ1n) is 13.7. The van der Waals surface area contributed by atoms with Gasteiger partial charge in [-0.15, -0.1) is 0 Å². The standard InChI is InChI=1S/C37H21N3O/c38-22-23-14-16-25(17-15-23)39-30-12-6-4-11-28(30)34-31(39)21-19-29-35-32(40(36(29)34)24-8-2-1-3-9-24)20-18-27-26-10-5-7-13-33(26)41-37(27)35/h1-21H. The molecule has 0 unspecified atom stereocenters. The minimum absolute atomic E-state index is 0.649. The molecule has 4 nitrogen and oxygen atoms in total. The van der Waals surface area contributed by atoms with Gasteiger partial charge in [-0.2, -0.15) is 5.26 Å². The monoisotopic (exact) mass is 523 g/mol. The average molecular weight is 524 g/mol. The lowest BCUT2D eigenvalue weighted by molar-refractivity contribution is 0.673. The van der Waals surface area contributed by atoms with Crippen molar-refractivity contribution in [2.24, 2.45) is 0 Å². The molecule has 0 aliphatic heterocycles. The highest BCUT2D eigenvalue weighted by molar-refractivity contribution is 6.30. The van der Waals surface area contributed by atoms with Gasteiger partial charge in [0.05, 0.1) is 39.1 Å². The van der Waals surface area contributed by atoms with Crippen molar-refractivity contribution >= 4 is 65.6 Å². The molecule has 0 amide bonds. The van der Waals surface area contributed by atoms with Gasteiger partial charge in [0.25, 0.3) is 0 Å². The Morgan fingerprint density at radius 1 is 0.488 bits per heavy atom. The Kier molecular flexibility index (Phi) is 4.37. The first kappa shape index (κ1) is 22.1. The van der Waals surface area contributed by atoms with Gasteiger partial charge in [-0.1, -0.05) is 54.6 Å². The van der Waals surface area contributed by atoms with Crippen molar-refractivity contribution in [2.45, 2.75) is 0 Å². The van der Waals surface area contributed by atoms with Crippen LogP contribution in [0.15, 0.2) is 132 Å². The molecular formula is C37H21N3O. The fraction of sp³-hybridized carbons (Fsp3) is 0. The van der Waals surface area contributed by atoms with E-state index in [4.69, 9.17) is 4.42 Å². The molecule has 0 saturated carbocycles. The Labute approximate surface area is 234 Å². The number of fused-ring (bicyclic) bond motifs is 11. The molecule has 4 heteroatoms. The molecule has 0 N–H and O–H groups in total. The van der Waals surface area contributed by atoms with E-state index in [-0.39, 0.29) is 0 Å². The number of nitrogens with zero attached hydrogens (tertiary/aromatic N) is 3. The normalized spacial score (nSPS) is 11.9. The number of aromatic nitrogens is 2. The first-order valence-corrected chi connectivity index (χ1v) is 13.7. The van der Waals surface area contributed by atoms with Gasteiger partial charge in [0.15, 0.2) is 0 Å². The van der Waals surface area contributed by atoms with Crippen LogP contribution in [0, 0.1) is 11.3 Å². The van der Waals surface area contributed by atoms with E-state index in [2.05, 4.69) is 106 Å². The molecule has 0 radical (unpaired) electrons. The zero-order valence-corrected chi connectivity index (χ0v) is 21.9. The van der Waals surface area contributed by atoms with E-state index in [9.17, 15) is 5.26 Å². The number of benzene rings is 6. The molecule has 6 aromatic carbocycles. The van der Waals surface area contributed by atoms with E-state index in [1.54, 1.807) is 0 Å². The van der Waals surface area contributed by atoms with Crippen LogP contribution in [0.1, 0.15) is 5.56 Å². The predicted molar refractivity (Wildman–Crippen MR) is 167 cm³/mol. The molecule has 0 atom stereocenters. The molecule has 9 rings (SSSR count). The summed E-state index contributed by atoms with van der Waals surface area (Å²) in [5, 5.41) is 16.3. The number of para-hydroxylation sites is 3. The van der Waals surface area contributed by atoms with Crippen molar-refractivity contribution in [3.63, 3.8) is 0 Å². The van der Waals surface area contributed by atoms with Gasteiger partial charge < -0.3 is 13.6 Å². The second-order valence-electron chi connectivity index (χ2n) is 10.5. The van der Waals surface area contributed by atoms with Crippen LogP contribution in [0.5, 0.6) is 0 Å².